The van der Waals surface area contributed by atoms with Gasteiger partial charge in [-0.05, 0) is 53.0 Å². The molecule has 0 bridgehead atoms. The Balaban J connectivity index is 0.00000338. The second-order valence-corrected chi connectivity index (χ2v) is 7.24. The third kappa shape index (κ3) is 5.01. The Morgan fingerprint density at radius 1 is 1.31 bits per heavy atom. The van der Waals surface area contributed by atoms with E-state index in [9.17, 15) is 9.59 Å². The maximum atomic E-state index is 13.2. The van der Waals surface area contributed by atoms with Gasteiger partial charge in [-0.2, -0.15) is 0 Å². The van der Waals surface area contributed by atoms with Crippen molar-refractivity contribution in [3.63, 3.8) is 0 Å². The summed E-state index contributed by atoms with van der Waals surface area (Å²) in [5.41, 5.74) is 8.34. The molecule has 1 saturated heterocycles. The molecule has 2 rings (SSSR count). The van der Waals surface area contributed by atoms with Crippen LogP contribution in [0.3, 0.4) is 0 Å². The maximum Gasteiger partial charge on any atom is 0.255 e. The smallest absolute Gasteiger partial charge is 0.255 e. The number of aryl methyl sites for hydroxylation is 1. The van der Waals surface area contributed by atoms with Gasteiger partial charge in [0.1, 0.15) is 0 Å². The quantitative estimate of drug-likeness (QED) is 0.790. The number of amides is 2. The van der Waals surface area contributed by atoms with Crippen LogP contribution in [-0.2, 0) is 4.79 Å². The van der Waals surface area contributed by atoms with Crippen molar-refractivity contribution in [2.24, 2.45) is 5.73 Å². The van der Waals surface area contributed by atoms with Gasteiger partial charge in [0.15, 0.2) is 0 Å². The molecule has 1 fully saturated rings. The number of nitrogens with two attached hydrogens (primary N) is 1. The zero-order chi connectivity index (χ0) is 18.6. The SMILES string of the molecule is Cc1cc(C(=O)N2CCCCC2CNC(=O)CCN)c(C)n1C(C)C.Cl. The predicted octanol–water partition coefficient (Wildman–Crippen LogP) is 2.57. The molecular weight excluding hydrogens is 352 g/mol. The lowest BCUT2D eigenvalue weighted by Crippen LogP contribution is -2.49. The fourth-order valence-corrected chi connectivity index (χ4v) is 3.87. The molecule has 1 aliphatic rings. The summed E-state index contributed by atoms with van der Waals surface area (Å²) in [5, 5.41) is 2.92. The van der Waals surface area contributed by atoms with Crippen molar-refractivity contribution >= 4 is 24.2 Å². The van der Waals surface area contributed by atoms with Gasteiger partial charge in [-0.25, -0.2) is 0 Å². The lowest BCUT2D eigenvalue weighted by Gasteiger charge is -2.36. The molecule has 0 radical (unpaired) electrons. The highest BCUT2D eigenvalue weighted by molar-refractivity contribution is 5.96. The summed E-state index contributed by atoms with van der Waals surface area (Å²) < 4.78 is 2.20. The van der Waals surface area contributed by atoms with E-state index in [4.69, 9.17) is 5.73 Å². The first kappa shape index (κ1) is 22.5. The van der Waals surface area contributed by atoms with Crippen LogP contribution < -0.4 is 11.1 Å². The molecule has 1 atom stereocenters. The number of likely N-dealkylation sites (tertiary alicyclic amines) is 1. The van der Waals surface area contributed by atoms with Crippen LogP contribution in [0, 0.1) is 13.8 Å². The second kappa shape index (κ2) is 9.97. The first-order valence-corrected chi connectivity index (χ1v) is 9.33. The highest BCUT2D eigenvalue weighted by Gasteiger charge is 2.30. The first-order valence-electron chi connectivity index (χ1n) is 9.33. The minimum atomic E-state index is -0.0431. The van der Waals surface area contributed by atoms with Crippen molar-refractivity contribution < 1.29 is 9.59 Å². The molecule has 0 spiro atoms. The Labute approximate surface area is 162 Å². The average molecular weight is 385 g/mol. The minimum absolute atomic E-state index is 0. The van der Waals surface area contributed by atoms with Crippen molar-refractivity contribution in [3.05, 3.63) is 23.0 Å². The van der Waals surface area contributed by atoms with Crippen LogP contribution in [0.15, 0.2) is 6.07 Å². The molecular formula is C19H33ClN4O2. The fourth-order valence-electron chi connectivity index (χ4n) is 3.87. The number of hydrogen-bond donors (Lipinski definition) is 2. The van der Waals surface area contributed by atoms with Crippen LogP contribution in [0.2, 0.25) is 0 Å². The molecule has 6 nitrogen and oxygen atoms in total. The van der Waals surface area contributed by atoms with Gasteiger partial charge in [-0.3, -0.25) is 9.59 Å². The summed E-state index contributed by atoms with van der Waals surface area (Å²) in [6.07, 6.45) is 3.36. The Morgan fingerprint density at radius 2 is 2.00 bits per heavy atom. The van der Waals surface area contributed by atoms with Gasteiger partial charge in [0.2, 0.25) is 5.91 Å². The molecule has 7 heteroatoms. The van der Waals surface area contributed by atoms with Crippen molar-refractivity contribution in [3.8, 4) is 0 Å². The van der Waals surface area contributed by atoms with Gasteiger partial charge in [-0.1, -0.05) is 0 Å². The monoisotopic (exact) mass is 384 g/mol. The van der Waals surface area contributed by atoms with Gasteiger partial charge in [-0.15, -0.1) is 12.4 Å². The lowest BCUT2D eigenvalue weighted by molar-refractivity contribution is -0.121. The van der Waals surface area contributed by atoms with Gasteiger partial charge in [0.05, 0.1) is 5.56 Å². The largest absolute Gasteiger partial charge is 0.354 e. The van der Waals surface area contributed by atoms with Crippen LogP contribution in [0.4, 0.5) is 0 Å². The second-order valence-electron chi connectivity index (χ2n) is 7.24. The number of carbonyl (C=O) groups is 2. The van der Waals surface area contributed by atoms with E-state index in [0.717, 1.165) is 42.8 Å². The Hall–Kier alpha value is -1.53. The lowest BCUT2D eigenvalue weighted by atomic mass is 10.0. The van der Waals surface area contributed by atoms with Crippen LogP contribution in [0.1, 0.15) is 67.3 Å². The van der Waals surface area contributed by atoms with Crippen LogP contribution in [0.5, 0.6) is 0 Å². The number of hydrogen-bond acceptors (Lipinski definition) is 3. The Morgan fingerprint density at radius 3 is 2.58 bits per heavy atom. The summed E-state index contributed by atoms with van der Waals surface area (Å²) >= 11 is 0. The zero-order valence-corrected chi connectivity index (χ0v) is 17.2. The van der Waals surface area contributed by atoms with E-state index in [1.165, 1.54) is 0 Å². The number of piperidine rings is 1. The molecule has 148 valence electrons. The summed E-state index contributed by atoms with van der Waals surface area (Å²) in [5.74, 6) is 0.0382. The fraction of sp³-hybridized carbons (Fsp3) is 0.684. The van der Waals surface area contributed by atoms with Crippen LogP contribution in [0.25, 0.3) is 0 Å². The molecule has 2 heterocycles. The number of nitrogens with one attached hydrogen (secondary N) is 1. The number of aromatic nitrogens is 1. The van der Waals surface area contributed by atoms with E-state index >= 15 is 0 Å². The molecule has 0 saturated carbocycles. The number of halogens is 1. The summed E-state index contributed by atoms with van der Waals surface area (Å²) in [4.78, 5) is 26.8. The third-order valence-electron chi connectivity index (χ3n) is 5.03. The highest BCUT2D eigenvalue weighted by atomic mass is 35.5. The van der Waals surface area contributed by atoms with E-state index < -0.39 is 0 Å². The van der Waals surface area contributed by atoms with Gasteiger partial charge in [0, 0.05) is 49.5 Å². The molecule has 0 aromatic carbocycles. The molecule has 1 unspecified atom stereocenters. The third-order valence-corrected chi connectivity index (χ3v) is 5.03. The molecule has 1 aliphatic heterocycles. The topological polar surface area (TPSA) is 80.4 Å². The van der Waals surface area contributed by atoms with Crippen LogP contribution >= 0.6 is 12.4 Å². The van der Waals surface area contributed by atoms with Crippen LogP contribution in [-0.4, -0.2) is 47.0 Å². The highest BCUT2D eigenvalue weighted by Crippen LogP contribution is 2.25. The molecule has 0 aliphatic carbocycles. The molecule has 1 aromatic heterocycles. The summed E-state index contributed by atoms with van der Waals surface area (Å²) in [6.45, 7) is 9.93. The molecule has 1 aromatic rings. The van der Waals surface area contributed by atoms with E-state index in [0.29, 0.717) is 25.6 Å². The number of carbonyl (C=O) groups excluding carboxylic acids is 2. The molecule has 2 amide bonds. The summed E-state index contributed by atoms with van der Waals surface area (Å²) in [7, 11) is 0. The number of rotatable bonds is 6. The van der Waals surface area contributed by atoms with Crippen molar-refractivity contribution in [1.82, 2.24) is 14.8 Å². The van der Waals surface area contributed by atoms with Gasteiger partial charge < -0.3 is 20.5 Å². The first-order chi connectivity index (χ1) is 11.9. The Kier molecular flexibility index (Phi) is 8.63. The molecule has 3 N–H and O–H groups in total. The summed E-state index contributed by atoms with van der Waals surface area (Å²) in [6, 6.07) is 2.38. The predicted molar refractivity (Wildman–Crippen MR) is 107 cm³/mol. The average Bonchev–Trinajstić information content (AvgIpc) is 2.87. The van der Waals surface area contributed by atoms with Gasteiger partial charge >= 0.3 is 0 Å². The van der Waals surface area contributed by atoms with E-state index in [-0.39, 0.29) is 30.3 Å². The standard InChI is InChI=1S/C19H32N4O2.ClH/c1-13(2)23-14(3)11-17(15(23)4)19(25)22-10-6-5-7-16(22)12-21-18(24)8-9-20;/h11,13,16H,5-10,12,20H2,1-4H3,(H,21,24);1H. The van der Waals surface area contributed by atoms with E-state index in [2.05, 4.69) is 23.7 Å². The Bertz CT molecular complexity index is 627. The van der Waals surface area contributed by atoms with Crippen molar-refractivity contribution in [2.75, 3.05) is 19.6 Å². The van der Waals surface area contributed by atoms with E-state index in [1.807, 2.05) is 24.8 Å². The van der Waals surface area contributed by atoms with Gasteiger partial charge in [0.25, 0.3) is 5.91 Å². The van der Waals surface area contributed by atoms with E-state index in [1.54, 1.807) is 0 Å². The maximum absolute atomic E-state index is 13.2. The normalized spacial score (nSPS) is 17.2. The molecule has 26 heavy (non-hydrogen) atoms. The number of nitrogens with zero attached hydrogens (tertiary/aromatic N) is 2. The van der Waals surface area contributed by atoms with Crippen molar-refractivity contribution in [1.29, 1.82) is 0 Å². The minimum Gasteiger partial charge on any atom is -0.354 e. The zero-order valence-electron chi connectivity index (χ0n) is 16.4. The van der Waals surface area contributed by atoms with Crippen molar-refractivity contribution in [2.45, 2.75) is 65.5 Å².